The highest BCUT2D eigenvalue weighted by Crippen LogP contribution is 2.31. The Kier molecular flexibility index (Phi) is 10.9. The van der Waals surface area contributed by atoms with Gasteiger partial charge in [-0.25, -0.2) is 17.6 Å². The number of piperazine rings is 1. The molecule has 13 heteroatoms. The number of anilines is 1. The van der Waals surface area contributed by atoms with Crippen LogP contribution in [0.15, 0.2) is 54.9 Å². The highest BCUT2D eigenvalue weighted by Gasteiger charge is 2.35. The van der Waals surface area contributed by atoms with Crippen LogP contribution in [0.3, 0.4) is 0 Å². The molecule has 8 nitrogen and oxygen atoms in total. The Morgan fingerprint density at radius 2 is 1.70 bits per heavy atom. The average Bonchev–Trinajstić information content (AvgIpc) is 2.96. The highest BCUT2D eigenvalue weighted by atomic mass is 32.2. The van der Waals surface area contributed by atoms with Gasteiger partial charge in [0, 0.05) is 62.7 Å². The molecule has 43 heavy (non-hydrogen) atoms. The standard InChI is InChI=1S/C30H35F4N5O3S/c1-3-38(4-2)43(41,42)39-12-11-35-17-25(39)9-10-26-28(34)18-36-19-29(26)37-30(40)16-27(20-5-7-22(31)8-6-20)21-13-23(32)15-24(33)14-21/h5-8,13-15,18-19,25,27,35H,3-4,9-12,16-17H2,1-2H3,(H,37,40)/t25-,27-/m0/s1. The molecule has 3 aromatic rings. The van der Waals surface area contributed by atoms with Crippen molar-refractivity contribution in [3.8, 4) is 0 Å². The summed E-state index contributed by atoms with van der Waals surface area (Å²) in [4.78, 5) is 17.1. The van der Waals surface area contributed by atoms with Crippen LogP contribution in [-0.2, 0) is 21.4 Å². The lowest BCUT2D eigenvalue weighted by atomic mass is 9.88. The summed E-state index contributed by atoms with van der Waals surface area (Å²) in [5.74, 6) is -4.24. The molecule has 0 radical (unpaired) electrons. The van der Waals surface area contributed by atoms with E-state index in [4.69, 9.17) is 0 Å². The average molecular weight is 622 g/mol. The number of nitrogens with zero attached hydrogens (tertiary/aromatic N) is 3. The van der Waals surface area contributed by atoms with Gasteiger partial charge in [0.25, 0.3) is 10.2 Å². The van der Waals surface area contributed by atoms with Crippen molar-refractivity contribution in [3.05, 3.63) is 94.8 Å². The Bertz CT molecular complexity index is 1500. The molecule has 1 aliphatic heterocycles. The van der Waals surface area contributed by atoms with E-state index in [1.165, 1.54) is 39.1 Å². The fraction of sp³-hybridized carbons (Fsp3) is 0.400. The van der Waals surface area contributed by atoms with E-state index in [-0.39, 0.29) is 42.6 Å². The minimum atomic E-state index is -3.72. The predicted octanol–water partition coefficient (Wildman–Crippen LogP) is 4.59. The minimum Gasteiger partial charge on any atom is -0.324 e. The van der Waals surface area contributed by atoms with Crippen LogP contribution >= 0.6 is 0 Å². The fourth-order valence-electron chi connectivity index (χ4n) is 5.41. The third-order valence-corrected chi connectivity index (χ3v) is 9.82. The number of amides is 1. The number of aromatic nitrogens is 1. The summed E-state index contributed by atoms with van der Waals surface area (Å²) in [5, 5.41) is 5.87. The number of halogens is 4. The summed E-state index contributed by atoms with van der Waals surface area (Å²) >= 11 is 0. The zero-order valence-corrected chi connectivity index (χ0v) is 24.8. The molecule has 0 bridgehead atoms. The Labute approximate surface area is 249 Å². The van der Waals surface area contributed by atoms with E-state index in [0.29, 0.717) is 37.8 Å². The molecule has 1 fully saturated rings. The molecule has 2 heterocycles. The van der Waals surface area contributed by atoms with Crippen LogP contribution in [-0.4, -0.2) is 66.7 Å². The zero-order valence-electron chi connectivity index (χ0n) is 24.0. The van der Waals surface area contributed by atoms with E-state index in [9.17, 15) is 26.4 Å². The van der Waals surface area contributed by atoms with E-state index in [1.807, 2.05) is 0 Å². The lowest BCUT2D eigenvalue weighted by Gasteiger charge is -2.38. The predicted molar refractivity (Wildman–Crippen MR) is 156 cm³/mol. The largest absolute Gasteiger partial charge is 0.324 e. The van der Waals surface area contributed by atoms with E-state index in [2.05, 4.69) is 15.6 Å². The molecule has 232 valence electrons. The highest BCUT2D eigenvalue weighted by molar-refractivity contribution is 7.86. The summed E-state index contributed by atoms with van der Waals surface area (Å²) in [6, 6.07) is 7.73. The van der Waals surface area contributed by atoms with Crippen LogP contribution in [0, 0.1) is 23.3 Å². The number of benzene rings is 2. The minimum absolute atomic E-state index is 0.107. The molecule has 1 amide bonds. The molecule has 4 rings (SSSR count). The number of hydrogen-bond acceptors (Lipinski definition) is 5. The van der Waals surface area contributed by atoms with Crippen molar-refractivity contribution in [1.82, 2.24) is 18.9 Å². The monoisotopic (exact) mass is 621 g/mol. The topological polar surface area (TPSA) is 94.6 Å². The third kappa shape index (κ3) is 7.96. The van der Waals surface area contributed by atoms with Gasteiger partial charge in [-0.3, -0.25) is 9.78 Å². The van der Waals surface area contributed by atoms with E-state index in [0.717, 1.165) is 18.3 Å². The first-order valence-corrected chi connectivity index (χ1v) is 15.5. The number of nitrogens with one attached hydrogen (secondary N) is 2. The molecule has 2 N–H and O–H groups in total. The Balaban J connectivity index is 1.54. The van der Waals surface area contributed by atoms with Gasteiger partial charge in [-0.1, -0.05) is 26.0 Å². The summed E-state index contributed by atoms with van der Waals surface area (Å²) in [6.07, 6.45) is 2.42. The maximum atomic E-state index is 15.1. The quantitative estimate of drug-likeness (QED) is 0.289. The van der Waals surface area contributed by atoms with E-state index >= 15 is 4.39 Å². The van der Waals surface area contributed by atoms with Gasteiger partial charge >= 0.3 is 0 Å². The lowest BCUT2D eigenvalue weighted by Crippen LogP contribution is -2.57. The van der Waals surface area contributed by atoms with Crippen molar-refractivity contribution >= 4 is 21.8 Å². The van der Waals surface area contributed by atoms with Crippen molar-refractivity contribution in [2.24, 2.45) is 0 Å². The number of pyridine rings is 1. The van der Waals surface area contributed by atoms with Gasteiger partial charge in [0.1, 0.15) is 23.3 Å². The van der Waals surface area contributed by atoms with E-state index in [1.54, 1.807) is 13.8 Å². The van der Waals surface area contributed by atoms with Crippen molar-refractivity contribution in [1.29, 1.82) is 0 Å². The van der Waals surface area contributed by atoms with Crippen LogP contribution in [0.4, 0.5) is 23.2 Å². The van der Waals surface area contributed by atoms with Gasteiger partial charge in [0.05, 0.1) is 18.1 Å². The first kappa shape index (κ1) is 32.5. The van der Waals surface area contributed by atoms with Gasteiger partial charge in [0.2, 0.25) is 5.91 Å². The fourth-order valence-corrected chi connectivity index (χ4v) is 7.24. The molecule has 1 aliphatic rings. The van der Waals surface area contributed by atoms with Crippen LogP contribution < -0.4 is 10.6 Å². The maximum absolute atomic E-state index is 15.1. The first-order valence-electron chi connectivity index (χ1n) is 14.1. The van der Waals surface area contributed by atoms with Gasteiger partial charge in [-0.15, -0.1) is 0 Å². The van der Waals surface area contributed by atoms with Crippen molar-refractivity contribution in [3.63, 3.8) is 0 Å². The second-order valence-electron chi connectivity index (χ2n) is 10.3. The van der Waals surface area contributed by atoms with E-state index < -0.39 is 51.3 Å². The van der Waals surface area contributed by atoms with Crippen molar-refractivity contribution in [2.75, 3.05) is 38.0 Å². The van der Waals surface area contributed by atoms with Gasteiger partial charge < -0.3 is 10.6 Å². The van der Waals surface area contributed by atoms with Crippen LogP contribution in [0.1, 0.15) is 49.3 Å². The van der Waals surface area contributed by atoms with Gasteiger partial charge in [0.15, 0.2) is 0 Å². The molecule has 1 aromatic heterocycles. The second kappa shape index (κ2) is 14.4. The zero-order chi connectivity index (χ0) is 31.1. The molecular formula is C30H35F4N5O3S. The Morgan fingerprint density at radius 3 is 2.35 bits per heavy atom. The number of hydrogen-bond donors (Lipinski definition) is 2. The van der Waals surface area contributed by atoms with Gasteiger partial charge in [-0.05, 0) is 48.2 Å². The molecule has 2 aromatic carbocycles. The second-order valence-corrected chi connectivity index (χ2v) is 12.2. The van der Waals surface area contributed by atoms with Crippen LogP contribution in [0.2, 0.25) is 0 Å². The Hall–Kier alpha value is -3.39. The maximum Gasteiger partial charge on any atom is 0.282 e. The number of carbonyl (C=O) groups excluding carboxylic acids is 1. The van der Waals surface area contributed by atoms with Crippen molar-refractivity contribution in [2.45, 2.75) is 45.1 Å². The first-order chi connectivity index (χ1) is 20.5. The van der Waals surface area contributed by atoms with Gasteiger partial charge in [-0.2, -0.15) is 17.0 Å². The normalized spacial score (nSPS) is 16.8. The molecule has 2 atom stereocenters. The van der Waals surface area contributed by atoms with Crippen molar-refractivity contribution < 1.29 is 30.8 Å². The smallest absolute Gasteiger partial charge is 0.282 e. The summed E-state index contributed by atoms with van der Waals surface area (Å²) in [6.45, 7) is 5.34. The molecule has 1 saturated heterocycles. The van der Waals surface area contributed by atoms with Crippen LogP contribution in [0.5, 0.6) is 0 Å². The molecule has 0 unspecified atom stereocenters. The van der Waals surface area contributed by atoms with Crippen LogP contribution in [0.25, 0.3) is 0 Å². The molecule has 0 saturated carbocycles. The molecule has 0 spiro atoms. The summed E-state index contributed by atoms with van der Waals surface area (Å²) in [5.41, 5.74) is 0.897. The third-order valence-electron chi connectivity index (χ3n) is 7.58. The molecule has 0 aliphatic carbocycles. The lowest BCUT2D eigenvalue weighted by molar-refractivity contribution is -0.116. The Morgan fingerprint density at radius 1 is 1.02 bits per heavy atom. The summed E-state index contributed by atoms with van der Waals surface area (Å²) < 4.78 is 86.2. The SMILES string of the molecule is CCN(CC)S(=O)(=O)N1CCNC[C@@H]1CCc1c(F)cncc1NC(=O)C[C@@H](c1ccc(F)cc1)c1cc(F)cc(F)c1. The number of rotatable bonds is 12. The summed E-state index contributed by atoms with van der Waals surface area (Å²) in [7, 11) is -3.72. The number of carbonyl (C=O) groups is 1. The molecular weight excluding hydrogens is 586 g/mol.